The van der Waals surface area contributed by atoms with Crippen molar-refractivity contribution in [1.29, 1.82) is 0 Å². The van der Waals surface area contributed by atoms with Gasteiger partial charge in [0.05, 0.1) is 11.8 Å². The summed E-state index contributed by atoms with van der Waals surface area (Å²) in [6.45, 7) is 0.938. The number of nitrogens with one attached hydrogen (secondary N) is 2. The summed E-state index contributed by atoms with van der Waals surface area (Å²) >= 11 is 0. The number of likely N-dealkylation sites (tertiary alicyclic amines) is 1. The minimum Gasteiger partial charge on any atom is -0.383 e. The number of anilines is 2. The molecule has 0 aliphatic carbocycles. The van der Waals surface area contributed by atoms with Gasteiger partial charge in [0.1, 0.15) is 5.82 Å². The monoisotopic (exact) mass is 409 g/mol. The lowest BCUT2D eigenvalue weighted by Gasteiger charge is -2.17. The van der Waals surface area contributed by atoms with Gasteiger partial charge in [-0.25, -0.2) is 9.78 Å². The van der Waals surface area contributed by atoms with E-state index in [9.17, 15) is 9.59 Å². The molecule has 0 radical (unpaired) electrons. The minimum absolute atomic E-state index is 0.155. The van der Waals surface area contributed by atoms with Crippen molar-refractivity contribution in [1.82, 2.24) is 34.8 Å². The zero-order valence-electron chi connectivity index (χ0n) is 16.7. The molecule has 1 fully saturated rings. The third-order valence-electron chi connectivity index (χ3n) is 4.96. The quantitative estimate of drug-likeness (QED) is 0.584. The van der Waals surface area contributed by atoms with Crippen molar-refractivity contribution in [2.24, 2.45) is 14.1 Å². The number of aromatic nitrogens is 5. The fourth-order valence-electron chi connectivity index (χ4n) is 3.38. The van der Waals surface area contributed by atoms with Crippen molar-refractivity contribution in [3.8, 4) is 11.1 Å². The van der Waals surface area contributed by atoms with Crippen molar-refractivity contribution >= 4 is 23.6 Å². The summed E-state index contributed by atoms with van der Waals surface area (Å²) in [7, 11) is 3.60. The molecule has 4 rings (SSSR count). The standard InChI is InChI=1S/C19H23N9O2/c1-26-5-4-16(25-26)24-19(30)28-6-3-14(11-28)23-18(29)15-7-12(8-21-17(15)20)13-9-22-27(2)10-13/h4-5,7-10,14H,3,6,11H2,1-2H3,(H2,20,21)(H,23,29)(H,24,25,30)/t14-/m1/s1. The highest BCUT2D eigenvalue weighted by Gasteiger charge is 2.28. The zero-order chi connectivity index (χ0) is 21.3. The Labute approximate surface area is 172 Å². The van der Waals surface area contributed by atoms with Gasteiger partial charge in [0.25, 0.3) is 5.91 Å². The number of nitrogen functional groups attached to an aromatic ring is 1. The van der Waals surface area contributed by atoms with Crippen LogP contribution in [-0.2, 0) is 14.1 Å². The van der Waals surface area contributed by atoms with Gasteiger partial charge in [-0.1, -0.05) is 0 Å². The number of hydrogen-bond acceptors (Lipinski definition) is 6. The first-order valence-electron chi connectivity index (χ1n) is 9.50. The number of carbonyl (C=O) groups excluding carboxylic acids is 2. The van der Waals surface area contributed by atoms with Crippen LogP contribution in [-0.4, -0.2) is 60.5 Å². The lowest BCUT2D eigenvalue weighted by atomic mass is 10.1. The summed E-state index contributed by atoms with van der Waals surface area (Å²) in [4.78, 5) is 31.0. The van der Waals surface area contributed by atoms with Gasteiger partial charge in [-0.05, 0) is 12.5 Å². The van der Waals surface area contributed by atoms with Crippen LogP contribution in [0.15, 0.2) is 36.9 Å². The third-order valence-corrected chi connectivity index (χ3v) is 4.96. The molecule has 0 saturated carbocycles. The fraction of sp³-hybridized carbons (Fsp3) is 0.316. The molecular weight excluding hydrogens is 386 g/mol. The number of urea groups is 1. The maximum atomic E-state index is 12.8. The van der Waals surface area contributed by atoms with Crippen LogP contribution in [0, 0.1) is 0 Å². The molecule has 0 aromatic carbocycles. The Kier molecular flexibility index (Phi) is 5.09. The van der Waals surface area contributed by atoms with E-state index in [4.69, 9.17) is 5.73 Å². The first-order valence-corrected chi connectivity index (χ1v) is 9.50. The molecule has 3 aromatic rings. The zero-order valence-corrected chi connectivity index (χ0v) is 16.7. The Morgan fingerprint density at radius 3 is 2.73 bits per heavy atom. The van der Waals surface area contributed by atoms with Crippen LogP contribution in [0.25, 0.3) is 11.1 Å². The predicted octanol–water partition coefficient (Wildman–Crippen LogP) is 0.834. The lowest BCUT2D eigenvalue weighted by molar-refractivity contribution is 0.0938. The molecule has 156 valence electrons. The van der Waals surface area contributed by atoms with E-state index in [2.05, 4.69) is 25.8 Å². The van der Waals surface area contributed by atoms with E-state index in [0.717, 1.165) is 11.1 Å². The molecule has 4 N–H and O–H groups in total. The SMILES string of the molecule is Cn1cc(-c2cnc(N)c(C(=O)N[C@@H]3CCN(C(=O)Nc4ccn(C)n4)C3)c2)cn1. The highest BCUT2D eigenvalue weighted by molar-refractivity contribution is 5.99. The van der Waals surface area contributed by atoms with Gasteiger partial charge in [-0.15, -0.1) is 0 Å². The summed E-state index contributed by atoms with van der Waals surface area (Å²) in [5, 5.41) is 14.0. The summed E-state index contributed by atoms with van der Waals surface area (Å²) < 4.78 is 3.29. The molecule has 11 nitrogen and oxygen atoms in total. The third kappa shape index (κ3) is 4.09. The van der Waals surface area contributed by atoms with Crippen LogP contribution >= 0.6 is 0 Å². The second-order valence-electron chi connectivity index (χ2n) is 7.27. The second-order valence-corrected chi connectivity index (χ2v) is 7.27. The number of amides is 3. The number of rotatable bonds is 4. The van der Waals surface area contributed by atoms with Crippen molar-refractivity contribution in [3.63, 3.8) is 0 Å². The minimum atomic E-state index is -0.317. The predicted molar refractivity (Wildman–Crippen MR) is 111 cm³/mol. The van der Waals surface area contributed by atoms with Gasteiger partial charge in [0, 0.05) is 69.0 Å². The molecule has 3 amide bonds. The number of pyridine rings is 1. The van der Waals surface area contributed by atoms with Crippen LogP contribution < -0.4 is 16.4 Å². The fourth-order valence-corrected chi connectivity index (χ4v) is 3.38. The highest BCUT2D eigenvalue weighted by atomic mass is 16.2. The Hall–Kier alpha value is -3.89. The molecule has 1 saturated heterocycles. The first kappa shape index (κ1) is 19.4. The van der Waals surface area contributed by atoms with Gasteiger partial charge < -0.3 is 16.0 Å². The normalized spacial score (nSPS) is 15.9. The average Bonchev–Trinajstić information content (AvgIpc) is 3.44. The number of nitrogens with two attached hydrogens (primary N) is 1. The van der Waals surface area contributed by atoms with E-state index in [1.807, 2.05) is 13.2 Å². The van der Waals surface area contributed by atoms with Crippen molar-refractivity contribution in [2.75, 3.05) is 24.1 Å². The molecule has 4 heterocycles. The Bertz CT molecular complexity index is 1090. The van der Waals surface area contributed by atoms with E-state index >= 15 is 0 Å². The molecule has 11 heteroatoms. The van der Waals surface area contributed by atoms with E-state index in [1.165, 1.54) is 0 Å². The van der Waals surface area contributed by atoms with E-state index in [1.54, 1.807) is 52.0 Å². The van der Waals surface area contributed by atoms with Crippen molar-refractivity contribution in [2.45, 2.75) is 12.5 Å². The lowest BCUT2D eigenvalue weighted by Crippen LogP contribution is -2.40. The summed E-state index contributed by atoms with van der Waals surface area (Å²) in [6, 6.07) is 3.01. The highest BCUT2D eigenvalue weighted by Crippen LogP contribution is 2.22. The first-order chi connectivity index (χ1) is 14.4. The molecule has 1 atom stereocenters. The van der Waals surface area contributed by atoms with Crippen LogP contribution in [0.2, 0.25) is 0 Å². The van der Waals surface area contributed by atoms with Crippen LogP contribution in [0.4, 0.5) is 16.4 Å². The molecular formula is C19H23N9O2. The summed E-state index contributed by atoms with van der Waals surface area (Å²) in [6.07, 6.45) is 7.55. The molecule has 1 aliphatic heterocycles. The Morgan fingerprint density at radius 1 is 1.20 bits per heavy atom. The van der Waals surface area contributed by atoms with Crippen LogP contribution in [0.1, 0.15) is 16.8 Å². The topological polar surface area (TPSA) is 136 Å². The van der Waals surface area contributed by atoms with Crippen molar-refractivity contribution in [3.05, 3.63) is 42.5 Å². The van der Waals surface area contributed by atoms with Crippen LogP contribution in [0.3, 0.4) is 0 Å². The largest absolute Gasteiger partial charge is 0.383 e. The van der Waals surface area contributed by atoms with E-state index < -0.39 is 0 Å². The average molecular weight is 409 g/mol. The van der Waals surface area contributed by atoms with Gasteiger partial charge in [0.15, 0.2) is 5.82 Å². The van der Waals surface area contributed by atoms with E-state index in [-0.39, 0.29) is 23.8 Å². The van der Waals surface area contributed by atoms with Crippen molar-refractivity contribution < 1.29 is 9.59 Å². The maximum Gasteiger partial charge on any atom is 0.323 e. The number of nitrogens with zero attached hydrogens (tertiary/aromatic N) is 6. The summed E-state index contributed by atoms with van der Waals surface area (Å²) in [5.74, 6) is 0.326. The Balaban J connectivity index is 1.39. The molecule has 0 spiro atoms. The van der Waals surface area contributed by atoms with Crippen LogP contribution in [0.5, 0.6) is 0 Å². The van der Waals surface area contributed by atoms with E-state index in [0.29, 0.717) is 30.9 Å². The second kappa shape index (κ2) is 7.85. The van der Waals surface area contributed by atoms with Gasteiger partial charge in [-0.3, -0.25) is 19.5 Å². The van der Waals surface area contributed by atoms with Gasteiger partial charge in [-0.2, -0.15) is 10.2 Å². The molecule has 30 heavy (non-hydrogen) atoms. The van der Waals surface area contributed by atoms with Gasteiger partial charge in [0.2, 0.25) is 0 Å². The molecule has 0 unspecified atom stereocenters. The smallest absolute Gasteiger partial charge is 0.323 e. The van der Waals surface area contributed by atoms with Gasteiger partial charge >= 0.3 is 6.03 Å². The maximum absolute atomic E-state index is 12.8. The Morgan fingerprint density at radius 2 is 2.03 bits per heavy atom. The molecule has 0 bridgehead atoms. The number of aryl methyl sites for hydroxylation is 2. The molecule has 1 aliphatic rings. The number of carbonyl (C=O) groups is 2. The number of hydrogen-bond donors (Lipinski definition) is 3. The molecule has 3 aromatic heterocycles. The summed E-state index contributed by atoms with van der Waals surface area (Å²) in [5.41, 5.74) is 7.83.